The Morgan fingerprint density at radius 2 is 1.01 bits per heavy atom. The number of amides is 13. The average molecular weight is 1350 g/mol. The summed E-state index contributed by atoms with van der Waals surface area (Å²) in [6, 6.07) is 4.51. The lowest BCUT2D eigenvalue weighted by atomic mass is 10.0. The number of hydrogen-bond acceptors (Lipinski definition) is 17. The molecule has 2 aliphatic rings. The van der Waals surface area contributed by atoms with Gasteiger partial charge in [-0.3, -0.25) is 67.3 Å². The summed E-state index contributed by atoms with van der Waals surface area (Å²) >= 11 is 1.45. The molecular formula is C63H98N18O13S. The van der Waals surface area contributed by atoms with E-state index in [4.69, 9.17) is 40.1 Å². The maximum atomic E-state index is 14.7. The molecule has 22 N–H and O–H groups in total. The second kappa shape index (κ2) is 41.0. The summed E-state index contributed by atoms with van der Waals surface area (Å²) in [6.45, 7) is 3.86. The van der Waals surface area contributed by atoms with Crippen LogP contribution in [0, 0.1) is 5.92 Å². The average Bonchev–Trinajstić information content (AvgIpc) is 1.74. The predicted molar refractivity (Wildman–Crippen MR) is 356 cm³/mol. The molecule has 0 spiro atoms. The molecule has 31 nitrogen and oxygen atoms in total. The van der Waals surface area contributed by atoms with Crippen LogP contribution in [0.2, 0.25) is 0 Å². The first-order valence-electron chi connectivity index (χ1n) is 32.2. The molecule has 10 atom stereocenters. The first-order valence-corrected chi connectivity index (χ1v) is 33.6. The van der Waals surface area contributed by atoms with Crippen molar-refractivity contribution in [3.05, 3.63) is 71.8 Å². The molecule has 0 bridgehead atoms. The van der Waals surface area contributed by atoms with Gasteiger partial charge in [0.2, 0.25) is 76.8 Å². The van der Waals surface area contributed by atoms with E-state index in [1.807, 2.05) is 20.1 Å². The van der Waals surface area contributed by atoms with Crippen LogP contribution in [0.4, 0.5) is 0 Å². The van der Waals surface area contributed by atoms with Crippen molar-refractivity contribution in [2.75, 3.05) is 44.7 Å². The van der Waals surface area contributed by atoms with Crippen LogP contribution in [0.25, 0.3) is 0 Å². The highest BCUT2D eigenvalue weighted by Crippen LogP contribution is 2.24. The highest BCUT2D eigenvalue weighted by molar-refractivity contribution is 7.98. The molecule has 0 saturated carbocycles. The van der Waals surface area contributed by atoms with Crippen molar-refractivity contribution in [2.24, 2.45) is 51.0 Å². The summed E-state index contributed by atoms with van der Waals surface area (Å²) < 4.78 is 0. The third-order valence-electron chi connectivity index (χ3n) is 16.0. The molecule has 4 rings (SSSR count). The van der Waals surface area contributed by atoms with Gasteiger partial charge in [0.1, 0.15) is 54.4 Å². The number of carbonyl (C=O) groups excluding carboxylic acids is 13. The van der Waals surface area contributed by atoms with E-state index in [2.05, 4.69) is 47.5 Å². The van der Waals surface area contributed by atoms with Gasteiger partial charge >= 0.3 is 0 Å². The summed E-state index contributed by atoms with van der Waals surface area (Å²) in [5.74, 6) is -9.80. The van der Waals surface area contributed by atoms with E-state index in [9.17, 15) is 62.3 Å². The Kier molecular flexibility index (Phi) is 33.9. The molecule has 2 aromatic rings. The van der Waals surface area contributed by atoms with Crippen molar-refractivity contribution >= 4 is 94.5 Å². The number of likely N-dealkylation sites (tertiary alicyclic amines) is 2. The van der Waals surface area contributed by atoms with Crippen LogP contribution in [0.3, 0.4) is 0 Å². The van der Waals surface area contributed by atoms with Crippen LogP contribution in [0.15, 0.2) is 65.7 Å². The smallest absolute Gasteiger partial charge is 0.245 e. The van der Waals surface area contributed by atoms with E-state index < -0.39 is 169 Å². The number of unbranched alkanes of at least 4 members (excludes halogenated alkanes) is 1. The fraction of sp³-hybridized carbons (Fsp3) is 0.587. The Balaban J connectivity index is 1.56. The minimum absolute atomic E-state index is 0.0736. The first-order chi connectivity index (χ1) is 45.2. The molecule has 0 aliphatic carbocycles. The molecular weight excluding hydrogens is 1250 g/mol. The second-order valence-electron chi connectivity index (χ2n) is 24.1. The number of rotatable bonds is 42. The number of nitrogens with zero attached hydrogens (tertiary/aromatic N) is 3. The van der Waals surface area contributed by atoms with E-state index in [1.54, 1.807) is 60.7 Å². The van der Waals surface area contributed by atoms with Gasteiger partial charge in [-0.25, -0.2) is 0 Å². The Hall–Kier alpha value is -8.91. The Morgan fingerprint density at radius 1 is 0.537 bits per heavy atom. The number of guanidine groups is 1. The number of hydrogen-bond donors (Lipinski definition) is 15. The third-order valence-corrected chi connectivity index (χ3v) is 16.7. The lowest BCUT2D eigenvalue weighted by molar-refractivity contribution is -0.144. The number of nitrogens with two attached hydrogens (primary N) is 7. The van der Waals surface area contributed by atoms with Gasteiger partial charge in [0.05, 0.1) is 12.6 Å². The zero-order chi connectivity index (χ0) is 70.1. The Bertz CT molecular complexity index is 2960. The molecule has 524 valence electrons. The van der Waals surface area contributed by atoms with E-state index in [0.717, 1.165) is 0 Å². The van der Waals surface area contributed by atoms with Gasteiger partial charge in [0.15, 0.2) is 5.96 Å². The number of benzene rings is 2. The fourth-order valence-electron chi connectivity index (χ4n) is 11.0. The molecule has 2 fully saturated rings. The molecule has 13 amide bonds. The standard InChI is InChI=1S/C63H98N18O13S/c1-37(2)33-45(57(89)74-41(53(68)85)27-32-95-3)73-52(84)36-72-54(86)46(34-38-15-6-4-7-16-38)78-58(90)47(35-39-17-8-5-9-18-39)79-56(88)42(23-25-50(66)82)75-55(87)43(24-26-51(67)83)76-59(91)49-22-14-31-81(49)62(94)44(20-10-11-28-64)77-60(92)48-21-13-30-80(48)61(93)40(65)19-12-29-71-63(69)70/h4-9,15-18,37,40-49H,10-14,19-36,64-65H2,1-3H3,(H2,66,82)(H2,67,83)(H2,68,85)(H,72,86)(H,73,84)(H,74,89)(H,75,87)(H,76,91)(H,77,92)(H,78,90)(H,79,88)(H4,69,70,71)/t40-,41-,42+,43+,44+,45-,46+,47-,48-,49-/m0/s1. The van der Waals surface area contributed by atoms with Crippen LogP contribution < -0.4 is 82.7 Å². The number of carbonyl (C=O) groups is 13. The summed E-state index contributed by atoms with van der Waals surface area (Å²) in [6.07, 6.45) is 3.12. The van der Waals surface area contributed by atoms with Crippen LogP contribution in [-0.2, 0) is 75.2 Å². The van der Waals surface area contributed by atoms with Gasteiger partial charge in [0, 0.05) is 45.3 Å². The van der Waals surface area contributed by atoms with Gasteiger partial charge < -0.3 is 92.5 Å². The lowest BCUT2D eigenvalue weighted by Gasteiger charge is -2.32. The lowest BCUT2D eigenvalue weighted by Crippen LogP contribution is -2.60. The molecule has 2 heterocycles. The van der Waals surface area contributed by atoms with Crippen molar-refractivity contribution in [1.82, 2.24) is 52.3 Å². The number of thioether (sulfide) groups is 1. The highest BCUT2D eigenvalue weighted by Gasteiger charge is 2.42. The Morgan fingerprint density at radius 3 is 1.51 bits per heavy atom. The molecule has 0 radical (unpaired) electrons. The minimum Gasteiger partial charge on any atom is -0.370 e. The van der Waals surface area contributed by atoms with Crippen LogP contribution in [-0.4, -0.2) is 198 Å². The summed E-state index contributed by atoms with van der Waals surface area (Å²) in [5.41, 5.74) is 40.6. The Labute approximate surface area is 558 Å². The highest BCUT2D eigenvalue weighted by atomic mass is 32.2. The zero-order valence-corrected chi connectivity index (χ0v) is 55.3. The summed E-state index contributed by atoms with van der Waals surface area (Å²) in [5, 5.41) is 21.1. The molecule has 2 saturated heterocycles. The topological polar surface area (TPSA) is 519 Å². The first kappa shape index (κ1) is 78.5. The normalized spacial score (nSPS) is 16.8. The molecule has 2 aromatic carbocycles. The van der Waals surface area contributed by atoms with Gasteiger partial charge in [-0.15, -0.1) is 0 Å². The zero-order valence-electron chi connectivity index (χ0n) is 54.5. The van der Waals surface area contributed by atoms with Gasteiger partial charge in [-0.05, 0) is 119 Å². The molecule has 95 heavy (non-hydrogen) atoms. The van der Waals surface area contributed by atoms with Gasteiger partial charge in [-0.2, -0.15) is 11.8 Å². The van der Waals surface area contributed by atoms with Crippen LogP contribution in [0.5, 0.6) is 0 Å². The fourth-order valence-corrected chi connectivity index (χ4v) is 11.5. The van der Waals surface area contributed by atoms with Crippen LogP contribution in [0.1, 0.15) is 121 Å². The third kappa shape index (κ3) is 27.5. The van der Waals surface area contributed by atoms with E-state index in [1.165, 1.54) is 21.6 Å². The summed E-state index contributed by atoms with van der Waals surface area (Å²) in [4.78, 5) is 185. The quantitative estimate of drug-likeness (QED) is 0.0173. The van der Waals surface area contributed by atoms with Crippen LogP contribution >= 0.6 is 11.8 Å². The SMILES string of the molecule is CSCC[C@H](NC(=O)[C@H](CC(C)C)NC(=O)CNC(=O)[C@@H](Cc1ccccc1)NC(=O)[C@H](Cc1ccccc1)NC(=O)[C@@H](CCC(N)=O)NC(=O)[C@@H](CCC(N)=O)NC(=O)[C@@H]1CCCN1C(=O)[C@@H](CCCCN)NC(=O)[C@@H]1CCCN1C(=O)[C@@H](N)CCCN=C(N)N)C(N)=O. The number of aliphatic imine (C=N–C) groups is 1. The molecule has 32 heteroatoms. The van der Waals surface area contributed by atoms with E-state index in [-0.39, 0.29) is 83.0 Å². The van der Waals surface area contributed by atoms with E-state index in [0.29, 0.717) is 55.4 Å². The van der Waals surface area contributed by atoms with Gasteiger partial charge in [0.25, 0.3) is 0 Å². The van der Waals surface area contributed by atoms with Gasteiger partial charge in [-0.1, -0.05) is 74.5 Å². The maximum absolute atomic E-state index is 14.7. The van der Waals surface area contributed by atoms with Crippen molar-refractivity contribution in [2.45, 2.75) is 183 Å². The molecule has 2 aliphatic heterocycles. The minimum atomic E-state index is -1.64. The maximum Gasteiger partial charge on any atom is 0.245 e. The number of nitrogens with one attached hydrogen (secondary N) is 8. The summed E-state index contributed by atoms with van der Waals surface area (Å²) in [7, 11) is 0. The monoisotopic (exact) mass is 1350 g/mol. The van der Waals surface area contributed by atoms with Crippen molar-refractivity contribution < 1.29 is 62.3 Å². The number of primary amides is 3. The van der Waals surface area contributed by atoms with Crippen molar-refractivity contribution in [1.29, 1.82) is 0 Å². The molecule has 0 aromatic heterocycles. The predicted octanol–water partition coefficient (Wildman–Crippen LogP) is -3.71. The largest absolute Gasteiger partial charge is 0.370 e. The van der Waals surface area contributed by atoms with Crippen molar-refractivity contribution in [3.63, 3.8) is 0 Å². The molecule has 0 unspecified atom stereocenters. The van der Waals surface area contributed by atoms with Crippen molar-refractivity contribution in [3.8, 4) is 0 Å². The second-order valence-corrected chi connectivity index (χ2v) is 25.1. The van der Waals surface area contributed by atoms with E-state index >= 15 is 0 Å².